The lowest BCUT2D eigenvalue weighted by Gasteiger charge is -2.11. The van der Waals surface area contributed by atoms with Gasteiger partial charge in [-0.1, -0.05) is 17.7 Å². The van der Waals surface area contributed by atoms with Crippen molar-refractivity contribution >= 4 is 27.7 Å². The van der Waals surface area contributed by atoms with Crippen LogP contribution >= 0.6 is 15.9 Å². The molecule has 1 heterocycles. The second-order valence-electron chi connectivity index (χ2n) is 4.54. The topological polar surface area (TPSA) is 72.2 Å². The molecule has 1 N–H and O–H groups in total. The molecule has 0 saturated carbocycles. The minimum Gasteiger partial charge on any atom is -0.481 e. The van der Waals surface area contributed by atoms with Crippen LogP contribution in [0.2, 0.25) is 0 Å². The van der Waals surface area contributed by atoms with Crippen LogP contribution in [0.25, 0.3) is 5.69 Å². The predicted molar refractivity (Wildman–Crippen MR) is 77.3 cm³/mol. The zero-order chi connectivity index (χ0) is 14.9. The van der Waals surface area contributed by atoms with E-state index in [2.05, 4.69) is 20.9 Å². The SMILES string of the molecule is Cc1ccc(-n2cnc(Br)c2C(=O)CC(=O)O)c(C)c1. The van der Waals surface area contributed by atoms with Gasteiger partial charge in [-0.2, -0.15) is 0 Å². The van der Waals surface area contributed by atoms with Crippen molar-refractivity contribution in [2.24, 2.45) is 0 Å². The third-order valence-corrected chi connectivity index (χ3v) is 3.49. The molecule has 5 nitrogen and oxygen atoms in total. The molecular weight excluding hydrogens is 324 g/mol. The third-order valence-electron chi connectivity index (χ3n) is 2.91. The van der Waals surface area contributed by atoms with E-state index in [-0.39, 0.29) is 5.69 Å². The molecule has 0 aliphatic carbocycles. The lowest BCUT2D eigenvalue weighted by molar-refractivity contribution is -0.135. The Labute approximate surface area is 124 Å². The maximum Gasteiger partial charge on any atom is 0.311 e. The fraction of sp³-hybridized carbons (Fsp3) is 0.214. The Kier molecular flexibility index (Phi) is 4.04. The van der Waals surface area contributed by atoms with Crippen molar-refractivity contribution in [1.82, 2.24) is 9.55 Å². The molecular formula is C14H13BrN2O3. The standard InChI is InChI=1S/C14H13BrN2O3/c1-8-3-4-10(9(2)5-8)17-7-16-14(15)13(17)11(18)6-12(19)20/h3-5,7H,6H2,1-2H3,(H,19,20). The van der Waals surface area contributed by atoms with Crippen LogP contribution in [0.1, 0.15) is 28.0 Å². The fourth-order valence-corrected chi connectivity index (χ4v) is 2.56. The Morgan fingerprint density at radius 2 is 2.05 bits per heavy atom. The zero-order valence-electron chi connectivity index (χ0n) is 11.1. The van der Waals surface area contributed by atoms with Crippen molar-refractivity contribution < 1.29 is 14.7 Å². The molecule has 20 heavy (non-hydrogen) atoms. The molecule has 2 rings (SSSR count). The highest BCUT2D eigenvalue weighted by Crippen LogP contribution is 2.23. The molecule has 0 spiro atoms. The minimum absolute atomic E-state index is 0.249. The average molecular weight is 337 g/mol. The summed E-state index contributed by atoms with van der Waals surface area (Å²) >= 11 is 3.20. The number of benzene rings is 1. The highest BCUT2D eigenvalue weighted by Gasteiger charge is 2.21. The number of carbonyl (C=O) groups is 2. The molecule has 0 fully saturated rings. The summed E-state index contributed by atoms with van der Waals surface area (Å²) in [6.45, 7) is 3.92. The summed E-state index contributed by atoms with van der Waals surface area (Å²) in [4.78, 5) is 26.8. The largest absolute Gasteiger partial charge is 0.481 e. The van der Waals surface area contributed by atoms with E-state index in [0.29, 0.717) is 4.60 Å². The van der Waals surface area contributed by atoms with Gasteiger partial charge in [0, 0.05) is 0 Å². The molecule has 0 saturated heterocycles. The third kappa shape index (κ3) is 2.80. The first-order valence-electron chi connectivity index (χ1n) is 5.95. The number of aliphatic carboxylic acids is 1. The van der Waals surface area contributed by atoms with Crippen molar-refractivity contribution in [3.63, 3.8) is 0 Å². The quantitative estimate of drug-likeness (QED) is 0.688. The Bertz CT molecular complexity index is 692. The first kappa shape index (κ1) is 14.5. The average Bonchev–Trinajstić information content (AvgIpc) is 2.70. The minimum atomic E-state index is -1.16. The summed E-state index contributed by atoms with van der Waals surface area (Å²) in [7, 11) is 0. The van der Waals surface area contributed by atoms with Gasteiger partial charge in [-0.15, -0.1) is 0 Å². The van der Waals surface area contributed by atoms with Gasteiger partial charge < -0.3 is 5.11 Å². The Morgan fingerprint density at radius 1 is 1.35 bits per heavy atom. The Balaban J connectivity index is 2.53. The van der Waals surface area contributed by atoms with E-state index < -0.39 is 18.2 Å². The summed E-state index contributed by atoms with van der Waals surface area (Å²) in [6, 6.07) is 5.81. The van der Waals surface area contributed by atoms with E-state index in [1.165, 1.54) is 6.33 Å². The molecule has 0 radical (unpaired) electrons. The maximum absolute atomic E-state index is 12.0. The van der Waals surface area contributed by atoms with E-state index in [1.807, 2.05) is 32.0 Å². The first-order chi connectivity index (χ1) is 9.40. The zero-order valence-corrected chi connectivity index (χ0v) is 12.6. The normalized spacial score (nSPS) is 10.6. The number of imidazole rings is 1. The number of ketones is 1. The molecule has 1 aromatic carbocycles. The van der Waals surface area contributed by atoms with Crippen LogP contribution in [0.3, 0.4) is 0 Å². The molecule has 2 aromatic rings. The van der Waals surface area contributed by atoms with Crippen LogP contribution in [-0.2, 0) is 4.79 Å². The van der Waals surface area contributed by atoms with Crippen molar-refractivity contribution in [2.45, 2.75) is 20.3 Å². The van der Waals surface area contributed by atoms with Crippen LogP contribution in [0, 0.1) is 13.8 Å². The number of carboxylic acid groups (broad SMARTS) is 1. The predicted octanol–water partition coefficient (Wildman–Crippen LogP) is 2.91. The van der Waals surface area contributed by atoms with Gasteiger partial charge in [-0.05, 0) is 41.4 Å². The number of aromatic nitrogens is 2. The number of aryl methyl sites for hydroxylation is 2. The highest BCUT2D eigenvalue weighted by molar-refractivity contribution is 9.10. The van der Waals surface area contributed by atoms with Crippen molar-refractivity contribution in [2.75, 3.05) is 0 Å². The molecule has 0 atom stereocenters. The number of hydrogen-bond acceptors (Lipinski definition) is 3. The van der Waals surface area contributed by atoms with Gasteiger partial charge in [-0.3, -0.25) is 14.2 Å². The van der Waals surface area contributed by atoms with E-state index in [0.717, 1.165) is 16.8 Å². The van der Waals surface area contributed by atoms with Gasteiger partial charge in [0.2, 0.25) is 0 Å². The van der Waals surface area contributed by atoms with E-state index in [4.69, 9.17) is 5.11 Å². The molecule has 0 aliphatic rings. The fourth-order valence-electron chi connectivity index (χ4n) is 2.06. The van der Waals surface area contributed by atoms with Crippen molar-refractivity contribution in [1.29, 1.82) is 0 Å². The van der Waals surface area contributed by atoms with Gasteiger partial charge in [-0.25, -0.2) is 4.98 Å². The number of Topliss-reactive ketones (excluding diaryl/α,β-unsaturated/α-hetero) is 1. The highest BCUT2D eigenvalue weighted by atomic mass is 79.9. The van der Waals surface area contributed by atoms with Crippen LogP contribution in [0.5, 0.6) is 0 Å². The first-order valence-corrected chi connectivity index (χ1v) is 6.75. The summed E-state index contributed by atoms with van der Waals surface area (Å²) in [5.41, 5.74) is 3.16. The van der Waals surface area contributed by atoms with E-state index in [9.17, 15) is 9.59 Å². The smallest absolute Gasteiger partial charge is 0.311 e. The number of carbonyl (C=O) groups excluding carboxylic acids is 1. The summed E-state index contributed by atoms with van der Waals surface area (Å²) < 4.78 is 1.97. The second kappa shape index (κ2) is 5.58. The van der Waals surface area contributed by atoms with Gasteiger partial charge in [0.1, 0.15) is 23.0 Å². The van der Waals surface area contributed by atoms with Crippen LogP contribution in [-0.4, -0.2) is 26.4 Å². The van der Waals surface area contributed by atoms with Gasteiger partial charge in [0.05, 0.1) is 5.69 Å². The van der Waals surface area contributed by atoms with E-state index >= 15 is 0 Å². The molecule has 0 aliphatic heterocycles. The second-order valence-corrected chi connectivity index (χ2v) is 5.29. The Morgan fingerprint density at radius 3 is 2.65 bits per heavy atom. The lowest BCUT2D eigenvalue weighted by Crippen LogP contribution is -2.12. The van der Waals surface area contributed by atoms with Crippen molar-refractivity contribution in [3.05, 3.63) is 46.0 Å². The van der Waals surface area contributed by atoms with Crippen LogP contribution < -0.4 is 0 Å². The monoisotopic (exact) mass is 336 g/mol. The summed E-state index contributed by atoms with van der Waals surface area (Å²) in [5, 5.41) is 8.76. The number of halogens is 1. The molecule has 0 amide bonds. The Hall–Kier alpha value is -1.95. The van der Waals surface area contributed by atoms with Crippen LogP contribution in [0.4, 0.5) is 0 Å². The molecule has 1 aromatic heterocycles. The molecule has 6 heteroatoms. The maximum atomic E-state index is 12.0. The van der Waals surface area contributed by atoms with Gasteiger partial charge in [0.25, 0.3) is 0 Å². The summed E-state index contributed by atoms with van der Waals surface area (Å²) in [5.74, 6) is -1.64. The number of hydrogen-bond donors (Lipinski definition) is 1. The van der Waals surface area contributed by atoms with E-state index in [1.54, 1.807) is 4.57 Å². The lowest BCUT2D eigenvalue weighted by atomic mass is 10.1. The van der Waals surface area contributed by atoms with Crippen molar-refractivity contribution in [3.8, 4) is 5.69 Å². The number of nitrogens with zero attached hydrogens (tertiary/aromatic N) is 2. The van der Waals surface area contributed by atoms with Crippen LogP contribution in [0.15, 0.2) is 29.1 Å². The molecule has 104 valence electrons. The number of carboxylic acids is 1. The number of rotatable bonds is 4. The summed E-state index contributed by atoms with van der Waals surface area (Å²) in [6.07, 6.45) is 0.950. The molecule has 0 unspecified atom stereocenters. The molecule has 0 bridgehead atoms. The van der Waals surface area contributed by atoms with Gasteiger partial charge >= 0.3 is 5.97 Å². The van der Waals surface area contributed by atoms with Gasteiger partial charge in [0.15, 0.2) is 5.78 Å².